The van der Waals surface area contributed by atoms with Gasteiger partial charge in [-0.2, -0.15) is 0 Å². The van der Waals surface area contributed by atoms with Crippen molar-refractivity contribution < 1.29 is 0 Å². The average Bonchev–Trinajstić information content (AvgIpc) is 2.65. The van der Waals surface area contributed by atoms with Gasteiger partial charge < -0.3 is 10.6 Å². The Hall–Kier alpha value is -2.58. The number of rotatable bonds is 4. The van der Waals surface area contributed by atoms with E-state index in [1.165, 1.54) is 11.1 Å². The summed E-state index contributed by atoms with van der Waals surface area (Å²) >= 11 is 0. The molecule has 0 spiro atoms. The third-order valence-corrected chi connectivity index (χ3v) is 3.62. The molecule has 3 aromatic rings. The maximum absolute atomic E-state index is 3.33. The summed E-state index contributed by atoms with van der Waals surface area (Å²) in [6.07, 6.45) is 0. The number of hydrogen-bond donors (Lipinski definition) is 2. The molecule has 3 rings (SSSR count). The summed E-state index contributed by atoms with van der Waals surface area (Å²) in [5.74, 6) is 0. The molecule has 2 nitrogen and oxygen atoms in total. The first kappa shape index (κ1) is 16.8. The fourth-order valence-corrected chi connectivity index (χ4v) is 2.42. The van der Waals surface area contributed by atoms with E-state index in [1.807, 2.05) is 56.6 Å². The standard InChI is InChI=1S/C14H15N.C7H9N/c1-15-14(12-8-4-2-5-9-12)13-10-6-3-7-11-13;1-8-7-5-3-2-4-6-7/h2-11,14-15H,1H3;2-6,8H,1H3. The molecule has 0 saturated heterocycles. The Labute approximate surface area is 139 Å². The molecule has 0 unspecified atom stereocenters. The SMILES string of the molecule is CNC(c1ccccc1)c1ccccc1.CNc1ccccc1. The van der Waals surface area contributed by atoms with Gasteiger partial charge in [-0.05, 0) is 30.3 Å². The zero-order chi connectivity index (χ0) is 16.3. The third kappa shape index (κ3) is 5.28. The van der Waals surface area contributed by atoms with Crippen LogP contribution in [0.5, 0.6) is 0 Å². The Morgan fingerprint density at radius 1 is 0.565 bits per heavy atom. The normalized spacial score (nSPS) is 9.87. The van der Waals surface area contributed by atoms with Crippen LogP contribution in [0, 0.1) is 0 Å². The van der Waals surface area contributed by atoms with E-state index in [0.717, 1.165) is 5.69 Å². The van der Waals surface area contributed by atoms with Gasteiger partial charge >= 0.3 is 0 Å². The smallest absolute Gasteiger partial charge is 0.0574 e. The molecule has 2 heteroatoms. The van der Waals surface area contributed by atoms with Gasteiger partial charge in [-0.15, -0.1) is 0 Å². The zero-order valence-electron chi connectivity index (χ0n) is 13.7. The van der Waals surface area contributed by atoms with Gasteiger partial charge in [-0.3, -0.25) is 0 Å². The molecule has 0 aliphatic rings. The second-order valence-corrected chi connectivity index (χ2v) is 5.16. The largest absolute Gasteiger partial charge is 0.388 e. The third-order valence-electron chi connectivity index (χ3n) is 3.62. The lowest BCUT2D eigenvalue weighted by atomic mass is 9.99. The number of benzene rings is 3. The van der Waals surface area contributed by atoms with Gasteiger partial charge in [0.05, 0.1) is 6.04 Å². The van der Waals surface area contributed by atoms with Crippen LogP contribution in [0.3, 0.4) is 0 Å². The maximum Gasteiger partial charge on any atom is 0.0574 e. The van der Waals surface area contributed by atoms with E-state index in [1.54, 1.807) is 0 Å². The first-order valence-electron chi connectivity index (χ1n) is 7.85. The fraction of sp³-hybridized carbons (Fsp3) is 0.143. The molecule has 0 saturated carbocycles. The quantitative estimate of drug-likeness (QED) is 0.728. The highest BCUT2D eigenvalue weighted by molar-refractivity contribution is 5.41. The second-order valence-electron chi connectivity index (χ2n) is 5.16. The monoisotopic (exact) mass is 304 g/mol. The summed E-state index contributed by atoms with van der Waals surface area (Å²) in [6.45, 7) is 0. The van der Waals surface area contributed by atoms with E-state index in [2.05, 4.69) is 59.2 Å². The van der Waals surface area contributed by atoms with Gasteiger partial charge in [0.25, 0.3) is 0 Å². The first-order valence-corrected chi connectivity index (χ1v) is 7.85. The van der Waals surface area contributed by atoms with Crippen LogP contribution in [0.25, 0.3) is 0 Å². The zero-order valence-corrected chi connectivity index (χ0v) is 13.7. The van der Waals surface area contributed by atoms with Crippen molar-refractivity contribution in [3.8, 4) is 0 Å². The van der Waals surface area contributed by atoms with Crippen LogP contribution >= 0.6 is 0 Å². The van der Waals surface area contributed by atoms with E-state index >= 15 is 0 Å². The van der Waals surface area contributed by atoms with Crippen molar-refractivity contribution in [2.45, 2.75) is 6.04 Å². The molecule has 23 heavy (non-hydrogen) atoms. The summed E-state index contributed by atoms with van der Waals surface area (Å²) in [4.78, 5) is 0. The molecule has 0 aromatic heterocycles. The molecule has 0 fully saturated rings. The van der Waals surface area contributed by atoms with Gasteiger partial charge in [0, 0.05) is 12.7 Å². The van der Waals surface area contributed by atoms with Crippen LogP contribution in [0.2, 0.25) is 0 Å². The van der Waals surface area contributed by atoms with Crippen LogP contribution in [0.1, 0.15) is 17.2 Å². The van der Waals surface area contributed by atoms with E-state index in [9.17, 15) is 0 Å². The second kappa shape index (κ2) is 9.44. The summed E-state index contributed by atoms with van der Waals surface area (Å²) in [7, 11) is 3.90. The predicted molar refractivity (Wildman–Crippen MR) is 99.8 cm³/mol. The maximum atomic E-state index is 3.33. The molecule has 0 aliphatic heterocycles. The van der Waals surface area contributed by atoms with Gasteiger partial charge in [0.15, 0.2) is 0 Å². The van der Waals surface area contributed by atoms with Gasteiger partial charge in [-0.25, -0.2) is 0 Å². The van der Waals surface area contributed by atoms with Gasteiger partial charge in [0.2, 0.25) is 0 Å². The molecule has 0 radical (unpaired) electrons. The molecular formula is C21H24N2. The molecule has 0 atom stereocenters. The van der Waals surface area contributed by atoms with Gasteiger partial charge in [-0.1, -0.05) is 78.9 Å². The van der Waals surface area contributed by atoms with Crippen molar-refractivity contribution in [3.63, 3.8) is 0 Å². The Kier molecular flexibility index (Phi) is 6.89. The van der Waals surface area contributed by atoms with E-state index in [4.69, 9.17) is 0 Å². The Morgan fingerprint density at radius 2 is 0.957 bits per heavy atom. The highest BCUT2D eigenvalue weighted by Crippen LogP contribution is 2.20. The van der Waals surface area contributed by atoms with Crippen LogP contribution in [0.15, 0.2) is 91.0 Å². The highest BCUT2D eigenvalue weighted by atomic mass is 14.9. The molecule has 0 aliphatic carbocycles. The molecular weight excluding hydrogens is 280 g/mol. The van der Waals surface area contributed by atoms with Crippen molar-refractivity contribution in [2.24, 2.45) is 0 Å². The Balaban J connectivity index is 0.000000203. The van der Waals surface area contributed by atoms with Crippen LogP contribution < -0.4 is 10.6 Å². The lowest BCUT2D eigenvalue weighted by Crippen LogP contribution is -2.17. The summed E-state index contributed by atoms with van der Waals surface area (Å²) < 4.78 is 0. The Bertz CT molecular complexity index is 612. The van der Waals surface area contributed by atoms with Crippen molar-refractivity contribution in [3.05, 3.63) is 102 Å². The van der Waals surface area contributed by atoms with Gasteiger partial charge in [0.1, 0.15) is 0 Å². The van der Waals surface area contributed by atoms with E-state index < -0.39 is 0 Å². The first-order chi connectivity index (χ1) is 11.3. The molecule has 0 amide bonds. The number of hydrogen-bond acceptors (Lipinski definition) is 2. The molecule has 0 heterocycles. The minimum Gasteiger partial charge on any atom is -0.388 e. The van der Waals surface area contributed by atoms with E-state index in [0.29, 0.717) is 0 Å². The molecule has 2 N–H and O–H groups in total. The predicted octanol–water partition coefficient (Wildman–Crippen LogP) is 4.72. The van der Waals surface area contributed by atoms with Crippen molar-refractivity contribution in [1.29, 1.82) is 0 Å². The number of para-hydroxylation sites is 1. The lowest BCUT2D eigenvalue weighted by molar-refractivity contribution is 0.692. The molecule has 3 aromatic carbocycles. The minimum absolute atomic E-state index is 0.285. The van der Waals surface area contributed by atoms with Crippen molar-refractivity contribution in [2.75, 3.05) is 19.4 Å². The summed E-state index contributed by atoms with van der Waals surface area (Å²) in [6, 6.07) is 31.3. The lowest BCUT2D eigenvalue weighted by Gasteiger charge is -2.16. The topological polar surface area (TPSA) is 24.1 Å². The number of anilines is 1. The minimum atomic E-state index is 0.285. The van der Waals surface area contributed by atoms with Crippen LogP contribution in [-0.2, 0) is 0 Å². The van der Waals surface area contributed by atoms with Crippen LogP contribution in [0.4, 0.5) is 5.69 Å². The average molecular weight is 304 g/mol. The fourth-order valence-electron chi connectivity index (χ4n) is 2.42. The number of nitrogens with one attached hydrogen (secondary N) is 2. The van der Waals surface area contributed by atoms with Crippen LogP contribution in [-0.4, -0.2) is 14.1 Å². The van der Waals surface area contributed by atoms with Crippen molar-refractivity contribution in [1.82, 2.24) is 5.32 Å². The van der Waals surface area contributed by atoms with Crippen molar-refractivity contribution >= 4 is 5.69 Å². The summed E-state index contributed by atoms with van der Waals surface area (Å²) in [5.41, 5.74) is 3.75. The molecule has 118 valence electrons. The highest BCUT2D eigenvalue weighted by Gasteiger charge is 2.09. The van der Waals surface area contributed by atoms with E-state index in [-0.39, 0.29) is 6.04 Å². The summed E-state index contributed by atoms with van der Waals surface area (Å²) in [5, 5.41) is 6.36. The molecule has 0 bridgehead atoms. The Morgan fingerprint density at radius 3 is 1.26 bits per heavy atom.